The van der Waals surface area contributed by atoms with Gasteiger partial charge >= 0.3 is 29.8 Å². The highest BCUT2D eigenvalue weighted by Crippen LogP contribution is 2.21. The lowest BCUT2D eigenvalue weighted by molar-refractivity contribution is -0.196. The molecule has 0 unspecified atom stereocenters. The second-order valence-electron chi connectivity index (χ2n) is 11.6. The molecule has 1 aliphatic heterocycles. The minimum atomic E-state index is -2.07. The van der Waals surface area contributed by atoms with Crippen LogP contribution in [-0.4, -0.2) is 116 Å². The van der Waals surface area contributed by atoms with E-state index >= 15 is 0 Å². The fourth-order valence-corrected chi connectivity index (χ4v) is 4.11. The van der Waals surface area contributed by atoms with Gasteiger partial charge in [0, 0.05) is 6.92 Å². The van der Waals surface area contributed by atoms with Gasteiger partial charge in [0.15, 0.2) is 24.1 Å². The Bertz CT molecular complexity index is 1090. The van der Waals surface area contributed by atoms with Crippen LogP contribution in [0.2, 0.25) is 0 Å². The molecule has 262 valence electrons. The average Bonchev–Trinajstić information content (AvgIpc) is 3.53. The van der Waals surface area contributed by atoms with Crippen molar-refractivity contribution in [1.29, 1.82) is 0 Å². The van der Waals surface area contributed by atoms with Crippen LogP contribution in [0.1, 0.15) is 53.9 Å². The molecule has 0 aromatic rings. The van der Waals surface area contributed by atoms with E-state index in [1.54, 1.807) is 13.8 Å². The highest BCUT2D eigenvalue weighted by atomic mass is 16.6. The van der Waals surface area contributed by atoms with Crippen LogP contribution in [0.5, 0.6) is 0 Å². The first-order chi connectivity index (χ1) is 21.4. The number of ketones is 2. The Kier molecular flexibility index (Phi) is 16.9. The first-order valence-corrected chi connectivity index (χ1v) is 14.9. The summed E-state index contributed by atoms with van der Waals surface area (Å²) in [6.45, 7) is 6.07. The number of rotatable bonds is 19. The number of carbonyl (C=O) groups is 7. The molecule has 1 aliphatic rings. The van der Waals surface area contributed by atoms with E-state index in [-0.39, 0.29) is 12.3 Å². The van der Waals surface area contributed by atoms with Gasteiger partial charge in [0.25, 0.3) is 0 Å². The zero-order chi connectivity index (χ0) is 35.3. The van der Waals surface area contributed by atoms with Crippen molar-refractivity contribution in [3.05, 3.63) is 0 Å². The smallest absolute Gasteiger partial charge is 0.326 e. The molecule has 0 aromatic heterocycles. The summed E-state index contributed by atoms with van der Waals surface area (Å²) in [6.07, 6.45) is -4.69. The molecule has 18 nitrogen and oxygen atoms in total. The fourth-order valence-electron chi connectivity index (χ4n) is 4.11. The minimum absolute atomic E-state index is 0.0813. The van der Waals surface area contributed by atoms with Gasteiger partial charge in [-0.05, 0) is 45.6 Å². The maximum atomic E-state index is 13.2. The number of hydrogen-bond donors (Lipinski definition) is 6. The van der Waals surface area contributed by atoms with E-state index in [0.29, 0.717) is 19.4 Å². The van der Waals surface area contributed by atoms with E-state index in [0.717, 1.165) is 6.92 Å². The van der Waals surface area contributed by atoms with Gasteiger partial charge in [-0.1, -0.05) is 13.8 Å². The van der Waals surface area contributed by atoms with Gasteiger partial charge in [-0.2, -0.15) is 0 Å². The van der Waals surface area contributed by atoms with Crippen molar-refractivity contribution in [3.8, 4) is 0 Å². The Labute approximate surface area is 267 Å². The van der Waals surface area contributed by atoms with Crippen LogP contribution < -0.4 is 34.0 Å². The molecule has 1 fully saturated rings. The van der Waals surface area contributed by atoms with Crippen molar-refractivity contribution in [3.63, 3.8) is 0 Å². The van der Waals surface area contributed by atoms with Gasteiger partial charge in [0.05, 0.1) is 0 Å². The summed E-state index contributed by atoms with van der Waals surface area (Å²) in [6, 6.07) is -7.91. The van der Waals surface area contributed by atoms with Crippen molar-refractivity contribution in [1.82, 2.24) is 5.32 Å². The number of carbonyl (C=O) groups excluding carboxylic acids is 7. The summed E-state index contributed by atoms with van der Waals surface area (Å²) in [7, 11) is 0. The van der Waals surface area contributed by atoms with Crippen molar-refractivity contribution in [2.45, 2.75) is 108 Å². The van der Waals surface area contributed by atoms with Gasteiger partial charge in [0.1, 0.15) is 49.5 Å². The average molecular weight is 661 g/mol. The Morgan fingerprint density at radius 3 is 1.72 bits per heavy atom. The number of ether oxygens (including phenoxy) is 5. The monoisotopic (exact) mass is 660 g/mol. The number of nitrogens with one attached hydrogen (secondary N) is 1. The Balaban J connectivity index is 3.66. The molecular formula is C28H48N6O12. The second-order valence-corrected chi connectivity index (χ2v) is 11.6. The summed E-state index contributed by atoms with van der Waals surface area (Å²) in [5, 5.41) is 2.92. The molecule has 0 bridgehead atoms. The van der Waals surface area contributed by atoms with Crippen LogP contribution >= 0.6 is 0 Å². The van der Waals surface area contributed by atoms with Crippen LogP contribution in [0.15, 0.2) is 0 Å². The van der Waals surface area contributed by atoms with Crippen LogP contribution in [0.3, 0.4) is 0 Å². The van der Waals surface area contributed by atoms with E-state index in [9.17, 15) is 33.6 Å². The molecule has 18 heteroatoms. The number of Topliss-reactive ketones (excluding diaryl/α,β-unsaturated/α-hetero) is 2. The third-order valence-electron chi connectivity index (χ3n) is 6.68. The predicted molar refractivity (Wildman–Crippen MR) is 159 cm³/mol. The molecule has 11 N–H and O–H groups in total. The Morgan fingerprint density at radius 2 is 1.24 bits per heavy atom. The van der Waals surface area contributed by atoms with Gasteiger partial charge in [-0.25, -0.2) is 0 Å². The quantitative estimate of drug-likeness (QED) is 0.0443. The molecule has 9 atom stereocenters. The van der Waals surface area contributed by atoms with E-state index < -0.39 is 109 Å². The van der Waals surface area contributed by atoms with E-state index in [2.05, 4.69) is 5.32 Å². The lowest BCUT2D eigenvalue weighted by atomic mass is 9.95. The van der Waals surface area contributed by atoms with Gasteiger partial charge in [-0.15, -0.1) is 0 Å². The first-order valence-electron chi connectivity index (χ1n) is 14.9. The van der Waals surface area contributed by atoms with Crippen molar-refractivity contribution >= 4 is 41.4 Å². The van der Waals surface area contributed by atoms with E-state index in [4.69, 9.17) is 52.4 Å². The number of esters is 5. The Hall–Kier alpha value is -3.55. The molecule has 46 heavy (non-hydrogen) atoms. The minimum Gasteiger partial charge on any atom is -0.462 e. The largest absolute Gasteiger partial charge is 0.462 e. The lowest BCUT2D eigenvalue weighted by Crippen LogP contribution is -2.60. The highest BCUT2D eigenvalue weighted by Gasteiger charge is 2.47. The molecule has 0 spiro atoms. The SMILES string of the molecule is CC(=O)C(=O)[C@H](N)[C@@H](OC(=O)[C@@H](N)COC(=O)[C@H](C)N)[C@H](OC(=O)[C@@H](N)CC(C)C)[C@@H](COC(=O)[C@H](C)N)OC(=O)[C@@H]1CCCN1. The van der Waals surface area contributed by atoms with Crippen molar-refractivity contribution < 1.29 is 57.2 Å². The third kappa shape index (κ3) is 13.1. The molecule has 0 saturated carbocycles. The Morgan fingerprint density at radius 1 is 0.717 bits per heavy atom. The molecule has 1 saturated heterocycles. The molecule has 1 heterocycles. The zero-order valence-corrected chi connectivity index (χ0v) is 26.8. The van der Waals surface area contributed by atoms with Crippen LogP contribution in [0, 0.1) is 5.92 Å². The predicted octanol–water partition coefficient (Wildman–Crippen LogP) is -3.56. The lowest BCUT2D eigenvalue weighted by Gasteiger charge is -2.35. The van der Waals surface area contributed by atoms with Gasteiger partial charge in [-0.3, -0.25) is 33.6 Å². The number of hydrogen-bond acceptors (Lipinski definition) is 18. The van der Waals surface area contributed by atoms with E-state index in [1.807, 2.05) is 0 Å². The first kappa shape index (κ1) is 40.5. The maximum absolute atomic E-state index is 13.2. The van der Waals surface area contributed by atoms with Crippen LogP contribution in [0.25, 0.3) is 0 Å². The summed E-state index contributed by atoms with van der Waals surface area (Å²) in [4.78, 5) is 88.4. The number of nitrogens with two attached hydrogens (primary N) is 5. The summed E-state index contributed by atoms with van der Waals surface area (Å²) < 4.78 is 26.7. The summed E-state index contributed by atoms with van der Waals surface area (Å²) in [5.74, 6) is -7.51. The molecule has 1 rings (SSSR count). The molecular weight excluding hydrogens is 612 g/mol. The molecule has 0 aromatic carbocycles. The van der Waals surface area contributed by atoms with Crippen molar-refractivity contribution in [2.75, 3.05) is 19.8 Å². The highest BCUT2D eigenvalue weighted by molar-refractivity contribution is 6.38. The van der Waals surface area contributed by atoms with E-state index in [1.165, 1.54) is 13.8 Å². The molecule has 0 amide bonds. The maximum Gasteiger partial charge on any atom is 0.326 e. The van der Waals surface area contributed by atoms with Gasteiger partial charge in [0.2, 0.25) is 5.78 Å². The van der Waals surface area contributed by atoms with Crippen LogP contribution in [-0.2, 0) is 57.2 Å². The summed E-state index contributed by atoms with van der Waals surface area (Å²) in [5.41, 5.74) is 29.0. The van der Waals surface area contributed by atoms with Crippen molar-refractivity contribution in [2.24, 2.45) is 34.6 Å². The third-order valence-corrected chi connectivity index (χ3v) is 6.68. The van der Waals surface area contributed by atoms with Crippen LogP contribution in [0.4, 0.5) is 0 Å². The zero-order valence-electron chi connectivity index (χ0n) is 26.8. The normalized spacial score (nSPS) is 19.8. The fraction of sp³-hybridized carbons (Fsp3) is 0.750. The standard InChI is InChI=1S/C28H48N6O12/c1-12(2)9-16(31)26(39)45-22(19(11-43-25(38)14(4)30)44-28(41)18-7-6-8-34-18)23(20(33)21(36)15(5)35)46-27(40)17(32)10-42-24(37)13(3)29/h12-14,16-20,22-23,34H,6-11,29-33H2,1-5H3/t13-,14-,16-,17-,18-,19+,20-,22+,23+/m0/s1. The second kappa shape index (κ2) is 19.2. The van der Waals surface area contributed by atoms with Gasteiger partial charge < -0.3 is 57.7 Å². The summed E-state index contributed by atoms with van der Waals surface area (Å²) >= 11 is 0. The molecule has 0 aliphatic carbocycles. The molecule has 0 radical (unpaired) electrons. The topological polar surface area (TPSA) is 308 Å².